The van der Waals surface area contributed by atoms with Crippen LogP contribution in [-0.4, -0.2) is 31.3 Å². The van der Waals surface area contributed by atoms with E-state index in [1.165, 1.54) is 6.33 Å². The van der Waals surface area contributed by atoms with Gasteiger partial charge in [-0.2, -0.15) is 0 Å². The Morgan fingerprint density at radius 3 is 2.36 bits per heavy atom. The summed E-state index contributed by atoms with van der Waals surface area (Å²) in [5.41, 5.74) is 1.54. The molecule has 3 aromatic rings. The summed E-state index contributed by atoms with van der Waals surface area (Å²) in [6.45, 7) is 0. The van der Waals surface area contributed by atoms with Crippen molar-refractivity contribution in [2.24, 2.45) is 0 Å². The van der Waals surface area contributed by atoms with Crippen molar-refractivity contribution in [1.82, 2.24) is 9.97 Å². The van der Waals surface area contributed by atoms with Gasteiger partial charge in [-0.25, -0.2) is 9.97 Å². The van der Waals surface area contributed by atoms with Gasteiger partial charge < -0.3 is 19.5 Å². The first-order chi connectivity index (χ1) is 11.7. The molecule has 0 aliphatic heterocycles. The largest absolute Gasteiger partial charge is 0.493 e. The smallest absolute Gasteiger partial charge is 0.205 e. The highest BCUT2D eigenvalue weighted by Gasteiger charge is 2.19. The van der Waals surface area contributed by atoms with E-state index in [2.05, 4.69) is 31.2 Å². The number of rotatable bonds is 5. The molecule has 0 bridgehead atoms. The second kappa shape index (κ2) is 8.22. The summed E-state index contributed by atoms with van der Waals surface area (Å²) in [5, 5.41) is 4.07. The predicted octanol–water partition coefficient (Wildman–Crippen LogP) is 4.58. The Morgan fingerprint density at radius 1 is 0.960 bits per heavy atom. The van der Waals surface area contributed by atoms with Gasteiger partial charge in [0.2, 0.25) is 5.75 Å². The molecular weight excluding hydrogens is 410 g/mol. The molecule has 0 unspecified atom stereocenters. The fourth-order valence-corrected chi connectivity index (χ4v) is 2.87. The Labute approximate surface area is 160 Å². The molecule has 2 aromatic carbocycles. The highest BCUT2D eigenvalue weighted by atomic mass is 79.9. The first-order valence-corrected chi connectivity index (χ1v) is 7.93. The summed E-state index contributed by atoms with van der Waals surface area (Å²) in [6, 6.07) is 9.65. The van der Waals surface area contributed by atoms with Crippen LogP contribution < -0.4 is 19.5 Å². The highest BCUT2D eigenvalue weighted by Crippen LogP contribution is 2.44. The second-order valence-electron chi connectivity index (χ2n) is 4.90. The number of benzene rings is 2. The van der Waals surface area contributed by atoms with Crippen molar-refractivity contribution in [3.05, 3.63) is 41.1 Å². The van der Waals surface area contributed by atoms with Gasteiger partial charge >= 0.3 is 0 Å². The van der Waals surface area contributed by atoms with E-state index in [-0.39, 0.29) is 12.4 Å². The highest BCUT2D eigenvalue weighted by molar-refractivity contribution is 9.10. The number of nitrogens with zero attached hydrogens (tertiary/aromatic N) is 2. The molecule has 0 aliphatic rings. The third kappa shape index (κ3) is 3.72. The van der Waals surface area contributed by atoms with Gasteiger partial charge in [-0.15, -0.1) is 12.4 Å². The molecule has 3 rings (SSSR count). The van der Waals surface area contributed by atoms with Gasteiger partial charge in [0.25, 0.3) is 0 Å². The van der Waals surface area contributed by atoms with Crippen LogP contribution in [-0.2, 0) is 0 Å². The van der Waals surface area contributed by atoms with Crippen molar-refractivity contribution >= 4 is 50.7 Å². The fraction of sp³-hybridized carbons (Fsp3) is 0.176. The quantitative estimate of drug-likeness (QED) is 0.644. The molecule has 0 radical (unpaired) electrons. The van der Waals surface area contributed by atoms with E-state index in [9.17, 15) is 0 Å². The minimum absolute atomic E-state index is 0. The molecule has 0 atom stereocenters. The van der Waals surface area contributed by atoms with Crippen LogP contribution in [0.4, 0.5) is 11.5 Å². The van der Waals surface area contributed by atoms with Gasteiger partial charge in [-0.3, -0.25) is 0 Å². The van der Waals surface area contributed by atoms with Crippen molar-refractivity contribution in [3.63, 3.8) is 0 Å². The minimum atomic E-state index is 0. The molecule has 132 valence electrons. The Bertz CT molecular complexity index is 892. The van der Waals surface area contributed by atoms with Gasteiger partial charge in [-0.05, 0) is 24.3 Å². The monoisotopic (exact) mass is 425 g/mol. The molecule has 0 fully saturated rings. The van der Waals surface area contributed by atoms with E-state index < -0.39 is 0 Å². The van der Waals surface area contributed by atoms with Crippen LogP contribution in [0, 0.1) is 0 Å². The summed E-state index contributed by atoms with van der Waals surface area (Å²) in [5.74, 6) is 2.21. The minimum Gasteiger partial charge on any atom is -0.493 e. The number of hydrogen-bond donors (Lipinski definition) is 1. The molecule has 1 aromatic heterocycles. The third-order valence-electron chi connectivity index (χ3n) is 3.52. The summed E-state index contributed by atoms with van der Waals surface area (Å²) < 4.78 is 17.3. The number of nitrogens with one attached hydrogen (secondary N) is 1. The zero-order valence-corrected chi connectivity index (χ0v) is 16.3. The van der Waals surface area contributed by atoms with Gasteiger partial charge in [0.1, 0.15) is 17.7 Å². The summed E-state index contributed by atoms with van der Waals surface area (Å²) >= 11 is 3.46. The van der Waals surface area contributed by atoms with Crippen LogP contribution in [0.2, 0.25) is 0 Å². The van der Waals surface area contributed by atoms with Crippen molar-refractivity contribution < 1.29 is 14.2 Å². The zero-order valence-electron chi connectivity index (χ0n) is 13.9. The van der Waals surface area contributed by atoms with Gasteiger partial charge in [-0.1, -0.05) is 22.0 Å². The van der Waals surface area contributed by atoms with E-state index >= 15 is 0 Å². The SMILES string of the molecule is COc1cc2c(Nc3cccc(Br)c3)ncnc2c(OC)c1OC.Cl. The Morgan fingerprint density at radius 2 is 1.72 bits per heavy atom. The van der Waals surface area contributed by atoms with Crippen molar-refractivity contribution in [1.29, 1.82) is 0 Å². The van der Waals surface area contributed by atoms with Crippen LogP contribution in [0.3, 0.4) is 0 Å². The average molecular weight is 427 g/mol. The number of anilines is 2. The molecule has 0 aliphatic carbocycles. The Hall–Kier alpha value is -2.25. The van der Waals surface area contributed by atoms with Crippen LogP contribution in [0.15, 0.2) is 41.1 Å². The predicted molar refractivity (Wildman–Crippen MR) is 104 cm³/mol. The van der Waals surface area contributed by atoms with Crippen LogP contribution >= 0.6 is 28.3 Å². The lowest BCUT2D eigenvalue weighted by atomic mass is 10.1. The first kappa shape index (κ1) is 19.1. The Kier molecular flexibility index (Phi) is 6.27. The van der Waals surface area contributed by atoms with Crippen molar-refractivity contribution in [3.8, 4) is 17.2 Å². The van der Waals surface area contributed by atoms with Crippen molar-refractivity contribution in [2.75, 3.05) is 26.6 Å². The van der Waals surface area contributed by atoms with E-state index in [0.29, 0.717) is 28.6 Å². The summed E-state index contributed by atoms with van der Waals surface area (Å²) in [7, 11) is 4.71. The van der Waals surface area contributed by atoms with Gasteiger partial charge in [0.15, 0.2) is 11.5 Å². The molecule has 8 heteroatoms. The average Bonchev–Trinajstić information content (AvgIpc) is 2.60. The molecule has 0 saturated carbocycles. The topological polar surface area (TPSA) is 65.5 Å². The molecule has 25 heavy (non-hydrogen) atoms. The first-order valence-electron chi connectivity index (χ1n) is 7.14. The standard InChI is InChI=1S/C17H16BrN3O3.ClH/c1-22-13-8-12-14(16(24-3)15(13)23-2)19-9-20-17(12)21-11-6-4-5-10(18)7-11;/h4-9H,1-3H3,(H,19,20,21);1H. The molecule has 0 amide bonds. The van der Waals surface area contributed by atoms with Gasteiger partial charge in [0, 0.05) is 10.2 Å². The lowest BCUT2D eigenvalue weighted by Gasteiger charge is -2.16. The molecule has 1 N–H and O–H groups in total. The van der Waals surface area contributed by atoms with E-state index in [0.717, 1.165) is 15.5 Å². The number of halogens is 2. The fourth-order valence-electron chi connectivity index (χ4n) is 2.47. The molecule has 1 heterocycles. The van der Waals surface area contributed by atoms with Gasteiger partial charge in [0.05, 0.1) is 26.7 Å². The van der Waals surface area contributed by atoms with Crippen LogP contribution in [0.5, 0.6) is 17.2 Å². The maximum absolute atomic E-state index is 5.49. The maximum Gasteiger partial charge on any atom is 0.205 e. The lowest BCUT2D eigenvalue weighted by Crippen LogP contribution is -2.00. The number of aromatic nitrogens is 2. The number of fused-ring (bicyclic) bond motifs is 1. The maximum atomic E-state index is 5.49. The van der Waals surface area contributed by atoms with E-state index in [1.807, 2.05) is 30.3 Å². The van der Waals surface area contributed by atoms with E-state index in [4.69, 9.17) is 14.2 Å². The number of methoxy groups -OCH3 is 3. The van der Waals surface area contributed by atoms with Crippen LogP contribution in [0.25, 0.3) is 10.9 Å². The van der Waals surface area contributed by atoms with Crippen molar-refractivity contribution in [2.45, 2.75) is 0 Å². The normalized spacial score (nSPS) is 10.1. The second-order valence-corrected chi connectivity index (χ2v) is 5.81. The molecule has 0 spiro atoms. The Balaban J connectivity index is 0.00000225. The lowest BCUT2D eigenvalue weighted by molar-refractivity contribution is 0.327. The molecular formula is C17H17BrClN3O3. The summed E-state index contributed by atoms with van der Waals surface area (Å²) in [4.78, 5) is 8.68. The van der Waals surface area contributed by atoms with Crippen LogP contribution in [0.1, 0.15) is 0 Å². The number of ether oxygens (including phenoxy) is 3. The molecule has 6 nitrogen and oxygen atoms in total. The zero-order chi connectivity index (χ0) is 17.1. The van der Waals surface area contributed by atoms with E-state index in [1.54, 1.807) is 21.3 Å². The number of hydrogen-bond acceptors (Lipinski definition) is 6. The third-order valence-corrected chi connectivity index (χ3v) is 4.01. The summed E-state index contributed by atoms with van der Waals surface area (Å²) in [6.07, 6.45) is 1.48. The molecule has 0 saturated heterocycles.